The first kappa shape index (κ1) is 16.5. The molecule has 0 saturated heterocycles. The number of hydrogen-bond acceptors (Lipinski definition) is 3. The number of hydrogen-bond donors (Lipinski definition) is 1. The van der Waals surface area contributed by atoms with Crippen molar-refractivity contribution in [2.75, 3.05) is 5.32 Å². The van der Waals surface area contributed by atoms with E-state index in [9.17, 15) is 9.59 Å². The van der Waals surface area contributed by atoms with Gasteiger partial charge in [-0.1, -0.05) is 54.1 Å². The van der Waals surface area contributed by atoms with E-state index in [1.165, 1.54) is 6.08 Å². The van der Waals surface area contributed by atoms with E-state index in [1.54, 1.807) is 37.3 Å². The van der Waals surface area contributed by atoms with E-state index in [0.717, 1.165) is 5.56 Å². The minimum Gasteiger partial charge on any atom is -0.444 e. The van der Waals surface area contributed by atoms with Crippen molar-refractivity contribution >= 4 is 17.6 Å². The predicted octanol–water partition coefficient (Wildman–Crippen LogP) is 3.79. The van der Waals surface area contributed by atoms with Gasteiger partial charge < -0.3 is 10.1 Å². The molecule has 0 heterocycles. The van der Waals surface area contributed by atoms with Gasteiger partial charge in [0.1, 0.15) is 0 Å². The second-order valence-corrected chi connectivity index (χ2v) is 5.08. The van der Waals surface area contributed by atoms with Gasteiger partial charge in [-0.15, -0.1) is 0 Å². The third kappa shape index (κ3) is 4.81. The molecule has 0 unspecified atom stereocenters. The Morgan fingerprint density at radius 1 is 1.04 bits per heavy atom. The molecule has 0 aliphatic heterocycles. The van der Waals surface area contributed by atoms with Crippen molar-refractivity contribution in [1.82, 2.24) is 0 Å². The Bertz CT molecular complexity index is 690. The summed E-state index contributed by atoms with van der Waals surface area (Å²) in [6.45, 7) is 3.68. The van der Waals surface area contributed by atoms with Crippen LogP contribution in [0.4, 0.5) is 5.69 Å². The molecular weight excluding hydrogens is 290 g/mol. The molecule has 2 aromatic carbocycles. The molecule has 4 heteroatoms. The number of rotatable bonds is 5. The normalized spacial score (nSPS) is 11.9. The van der Waals surface area contributed by atoms with Crippen molar-refractivity contribution < 1.29 is 14.3 Å². The van der Waals surface area contributed by atoms with Crippen LogP contribution in [0.1, 0.15) is 24.2 Å². The Labute approximate surface area is 135 Å². The van der Waals surface area contributed by atoms with Crippen LogP contribution in [0, 0.1) is 6.92 Å². The number of nitrogens with one attached hydrogen (secondary N) is 1. The number of amides is 1. The van der Waals surface area contributed by atoms with Crippen LogP contribution >= 0.6 is 0 Å². The molecule has 0 aliphatic rings. The van der Waals surface area contributed by atoms with Gasteiger partial charge >= 0.3 is 5.97 Å². The highest BCUT2D eigenvalue weighted by atomic mass is 16.5. The fourth-order valence-corrected chi connectivity index (χ4v) is 2.04. The summed E-state index contributed by atoms with van der Waals surface area (Å²) >= 11 is 0. The highest BCUT2D eigenvalue weighted by Gasteiger charge is 2.24. The second-order valence-electron chi connectivity index (χ2n) is 5.08. The monoisotopic (exact) mass is 309 g/mol. The van der Waals surface area contributed by atoms with Crippen molar-refractivity contribution in [3.8, 4) is 0 Å². The summed E-state index contributed by atoms with van der Waals surface area (Å²) < 4.78 is 5.30. The average Bonchev–Trinajstić information content (AvgIpc) is 2.56. The van der Waals surface area contributed by atoms with E-state index >= 15 is 0 Å². The summed E-state index contributed by atoms with van der Waals surface area (Å²) in [5, 5.41) is 2.77. The molecule has 4 nitrogen and oxygen atoms in total. The van der Waals surface area contributed by atoms with Gasteiger partial charge in [0.25, 0.3) is 5.91 Å². The van der Waals surface area contributed by atoms with E-state index in [4.69, 9.17) is 4.74 Å². The first-order chi connectivity index (χ1) is 11.1. The van der Waals surface area contributed by atoms with Crippen LogP contribution < -0.4 is 5.32 Å². The van der Waals surface area contributed by atoms with Gasteiger partial charge in [0, 0.05) is 17.3 Å². The number of ether oxygens (including phenoxy) is 1. The minimum atomic E-state index is -0.999. The first-order valence-electron chi connectivity index (χ1n) is 7.36. The molecule has 0 bridgehead atoms. The van der Waals surface area contributed by atoms with E-state index in [2.05, 4.69) is 5.32 Å². The molecule has 0 saturated carbocycles. The van der Waals surface area contributed by atoms with Crippen LogP contribution in [0.3, 0.4) is 0 Å². The molecule has 118 valence electrons. The fraction of sp³-hybridized carbons (Fsp3) is 0.158. The molecule has 0 aromatic heterocycles. The van der Waals surface area contributed by atoms with Crippen LogP contribution in [-0.2, 0) is 14.3 Å². The highest BCUT2D eigenvalue weighted by molar-refractivity contribution is 5.96. The van der Waals surface area contributed by atoms with Gasteiger partial charge in [0.2, 0.25) is 6.10 Å². The predicted molar refractivity (Wildman–Crippen MR) is 89.9 cm³/mol. The number of aryl methyl sites for hydroxylation is 1. The van der Waals surface area contributed by atoms with Gasteiger partial charge in [-0.25, -0.2) is 4.79 Å². The Morgan fingerprint density at radius 3 is 2.30 bits per heavy atom. The quantitative estimate of drug-likeness (QED) is 0.675. The number of esters is 1. The van der Waals surface area contributed by atoms with Crippen molar-refractivity contribution in [2.45, 2.75) is 20.0 Å². The van der Waals surface area contributed by atoms with Gasteiger partial charge in [-0.3, -0.25) is 4.79 Å². The van der Waals surface area contributed by atoms with Crippen LogP contribution in [0.2, 0.25) is 0 Å². The molecule has 1 N–H and O–H groups in total. The molecule has 1 amide bonds. The minimum absolute atomic E-state index is 0.391. The Kier molecular flexibility index (Phi) is 5.69. The van der Waals surface area contributed by atoms with Gasteiger partial charge in [0.05, 0.1) is 0 Å². The SMILES string of the molecule is C/C=C/C(=O)O[C@H](C(=O)Nc1ccc(C)cc1)c1ccccc1. The lowest BCUT2D eigenvalue weighted by Gasteiger charge is -2.17. The maximum atomic E-state index is 12.5. The molecule has 0 spiro atoms. The Balaban J connectivity index is 2.20. The second kappa shape index (κ2) is 7.94. The number of carbonyl (C=O) groups excluding carboxylic acids is 2. The number of anilines is 1. The van der Waals surface area contributed by atoms with Crippen molar-refractivity contribution in [3.63, 3.8) is 0 Å². The van der Waals surface area contributed by atoms with Crippen LogP contribution in [0.15, 0.2) is 66.7 Å². The zero-order valence-electron chi connectivity index (χ0n) is 13.2. The molecule has 2 aromatic rings. The zero-order chi connectivity index (χ0) is 16.7. The largest absolute Gasteiger partial charge is 0.444 e. The van der Waals surface area contributed by atoms with Gasteiger partial charge in [-0.2, -0.15) is 0 Å². The molecule has 0 fully saturated rings. The highest BCUT2D eigenvalue weighted by Crippen LogP contribution is 2.20. The summed E-state index contributed by atoms with van der Waals surface area (Å²) in [5.74, 6) is -0.946. The van der Waals surface area contributed by atoms with Crippen LogP contribution in [0.5, 0.6) is 0 Å². The third-order valence-electron chi connectivity index (χ3n) is 3.20. The van der Waals surface area contributed by atoms with Gasteiger partial charge in [-0.05, 0) is 26.0 Å². The lowest BCUT2D eigenvalue weighted by molar-refractivity contribution is -0.149. The molecule has 0 radical (unpaired) electrons. The summed E-state index contributed by atoms with van der Waals surface area (Å²) in [5.41, 5.74) is 2.38. The van der Waals surface area contributed by atoms with Crippen LogP contribution in [0.25, 0.3) is 0 Å². The molecule has 23 heavy (non-hydrogen) atoms. The smallest absolute Gasteiger partial charge is 0.331 e. The molecule has 0 aliphatic carbocycles. The molecule has 2 rings (SSSR count). The van der Waals surface area contributed by atoms with Crippen molar-refractivity contribution in [1.29, 1.82) is 0 Å². The molecular formula is C19H19NO3. The summed E-state index contributed by atoms with van der Waals surface area (Å²) in [4.78, 5) is 24.3. The number of carbonyl (C=O) groups is 2. The Morgan fingerprint density at radius 2 is 1.70 bits per heavy atom. The van der Waals surface area contributed by atoms with Crippen molar-refractivity contribution in [3.05, 3.63) is 77.9 Å². The standard InChI is InChI=1S/C19H19NO3/c1-3-7-17(21)23-18(15-8-5-4-6-9-15)19(22)20-16-12-10-14(2)11-13-16/h3-13,18H,1-2H3,(H,20,22)/b7-3+/t18-/m0/s1. The van der Waals surface area contributed by atoms with E-state index in [1.807, 2.05) is 37.3 Å². The van der Waals surface area contributed by atoms with Crippen LogP contribution in [-0.4, -0.2) is 11.9 Å². The zero-order valence-corrected chi connectivity index (χ0v) is 13.2. The fourth-order valence-electron chi connectivity index (χ4n) is 2.04. The van der Waals surface area contributed by atoms with E-state index in [0.29, 0.717) is 11.3 Å². The summed E-state index contributed by atoms with van der Waals surface area (Å²) in [7, 11) is 0. The van der Waals surface area contributed by atoms with Crippen molar-refractivity contribution in [2.24, 2.45) is 0 Å². The van der Waals surface area contributed by atoms with E-state index in [-0.39, 0.29) is 0 Å². The van der Waals surface area contributed by atoms with E-state index < -0.39 is 18.0 Å². The lowest BCUT2D eigenvalue weighted by Crippen LogP contribution is -2.25. The molecule has 1 atom stereocenters. The first-order valence-corrected chi connectivity index (χ1v) is 7.36. The Hall–Kier alpha value is -2.88. The van der Waals surface area contributed by atoms with Gasteiger partial charge in [0.15, 0.2) is 0 Å². The summed E-state index contributed by atoms with van der Waals surface area (Å²) in [6, 6.07) is 16.4. The lowest BCUT2D eigenvalue weighted by atomic mass is 10.1. The summed E-state index contributed by atoms with van der Waals surface area (Å²) in [6.07, 6.45) is 1.86. The maximum Gasteiger partial charge on any atom is 0.331 e. The number of benzene rings is 2. The topological polar surface area (TPSA) is 55.4 Å². The number of allylic oxidation sites excluding steroid dienone is 1. The average molecular weight is 309 g/mol. The maximum absolute atomic E-state index is 12.5. The third-order valence-corrected chi connectivity index (χ3v) is 3.20.